The van der Waals surface area contributed by atoms with Gasteiger partial charge in [-0.25, -0.2) is 0 Å². The van der Waals surface area contributed by atoms with Crippen molar-refractivity contribution in [3.8, 4) is 30.4 Å². The first-order chi connectivity index (χ1) is 8.77. The third-order valence-corrected chi connectivity index (χ3v) is 2.82. The minimum atomic E-state index is 0.283. The average Bonchev–Trinajstić information content (AvgIpc) is 2.37. The third-order valence-electron chi connectivity index (χ3n) is 2.32. The van der Waals surface area contributed by atoms with Crippen LogP contribution in [0, 0.1) is 24.7 Å². The summed E-state index contributed by atoms with van der Waals surface area (Å²) >= 11 is 3.45. The summed E-state index contributed by atoms with van der Waals surface area (Å²) in [6.07, 6.45) is 12.2. The number of terminal acetylenes is 2. The van der Waals surface area contributed by atoms with E-state index in [1.54, 1.807) is 0 Å². The van der Waals surface area contributed by atoms with E-state index in [9.17, 15) is 0 Å². The molecule has 2 nitrogen and oxygen atoms in total. The maximum atomic E-state index is 5.49. The van der Waals surface area contributed by atoms with E-state index in [1.807, 2.05) is 18.2 Å². The van der Waals surface area contributed by atoms with Gasteiger partial charge in [0.2, 0.25) is 0 Å². The molecule has 0 fully saturated rings. The van der Waals surface area contributed by atoms with Crippen LogP contribution in [-0.4, -0.2) is 13.2 Å². The molecule has 0 saturated carbocycles. The summed E-state index contributed by atoms with van der Waals surface area (Å²) in [6, 6.07) is 5.88. The molecule has 1 aromatic rings. The molecule has 0 aliphatic rings. The van der Waals surface area contributed by atoms with Crippen molar-refractivity contribution in [2.45, 2.75) is 19.4 Å². The second kappa shape index (κ2) is 8.64. The molecule has 0 amide bonds. The number of hydrogen-bond acceptors (Lipinski definition) is 2. The quantitative estimate of drug-likeness (QED) is 0.618. The highest BCUT2D eigenvalue weighted by Crippen LogP contribution is 2.23. The van der Waals surface area contributed by atoms with Crippen molar-refractivity contribution in [3.63, 3.8) is 0 Å². The fourth-order valence-electron chi connectivity index (χ4n) is 1.48. The van der Waals surface area contributed by atoms with Gasteiger partial charge in [0.15, 0.2) is 0 Å². The Labute approximate surface area is 117 Å². The molecule has 0 aromatic heterocycles. The average molecular weight is 306 g/mol. The van der Waals surface area contributed by atoms with E-state index in [0.29, 0.717) is 0 Å². The van der Waals surface area contributed by atoms with Gasteiger partial charge in [-0.1, -0.05) is 21.9 Å². The Kier molecular flexibility index (Phi) is 7.03. The summed E-state index contributed by atoms with van der Waals surface area (Å²) < 4.78 is 6.51. The van der Waals surface area contributed by atoms with E-state index < -0.39 is 0 Å². The monoisotopic (exact) mass is 305 g/mol. The van der Waals surface area contributed by atoms with E-state index in [2.05, 4.69) is 33.1 Å². The zero-order valence-corrected chi connectivity index (χ0v) is 11.8. The normalized spacial score (nSPS) is 9.50. The van der Waals surface area contributed by atoms with Crippen molar-refractivity contribution in [1.29, 1.82) is 0 Å². The molecule has 0 heterocycles. The Hall–Kier alpha value is -1.42. The topological polar surface area (TPSA) is 21.3 Å². The van der Waals surface area contributed by atoms with Crippen molar-refractivity contribution in [2.24, 2.45) is 0 Å². The highest BCUT2D eigenvalue weighted by Gasteiger charge is 2.04. The molecular formula is C15H16BrNO. The number of halogens is 1. The molecule has 0 bridgehead atoms. The number of ether oxygens (including phenoxy) is 1. The van der Waals surface area contributed by atoms with E-state index in [4.69, 9.17) is 17.6 Å². The molecule has 0 radical (unpaired) electrons. The lowest BCUT2D eigenvalue weighted by Crippen LogP contribution is -2.15. The molecule has 0 atom stereocenters. The number of hydrogen-bond donors (Lipinski definition) is 1. The van der Waals surface area contributed by atoms with Gasteiger partial charge in [-0.05, 0) is 31.2 Å². The molecule has 0 saturated heterocycles. The number of unbranched alkanes of at least 4 members (excludes halogenated alkanes) is 1. The number of benzene rings is 1. The van der Waals surface area contributed by atoms with Gasteiger partial charge >= 0.3 is 0 Å². The first kappa shape index (κ1) is 14.6. The summed E-state index contributed by atoms with van der Waals surface area (Å²) in [5.74, 6) is 5.91. The SMILES string of the molecule is C#CCCCNCc1cc(Br)ccc1OCC#C. The zero-order valence-electron chi connectivity index (χ0n) is 10.2. The predicted molar refractivity (Wildman–Crippen MR) is 78.2 cm³/mol. The Morgan fingerprint density at radius 3 is 2.83 bits per heavy atom. The predicted octanol–water partition coefficient (Wildman–Crippen LogP) is 2.96. The van der Waals surface area contributed by atoms with Crippen LogP contribution in [0.15, 0.2) is 22.7 Å². The first-order valence-electron chi connectivity index (χ1n) is 5.76. The summed E-state index contributed by atoms with van der Waals surface area (Å²) in [5.41, 5.74) is 1.08. The molecular weight excluding hydrogens is 290 g/mol. The molecule has 1 N–H and O–H groups in total. The second-order valence-electron chi connectivity index (χ2n) is 3.73. The minimum absolute atomic E-state index is 0.283. The largest absolute Gasteiger partial charge is 0.481 e. The van der Waals surface area contributed by atoms with E-state index >= 15 is 0 Å². The van der Waals surface area contributed by atoms with E-state index in [0.717, 1.165) is 41.7 Å². The second-order valence-corrected chi connectivity index (χ2v) is 4.64. The van der Waals surface area contributed by atoms with Gasteiger partial charge < -0.3 is 10.1 Å². The molecule has 1 aromatic carbocycles. The molecule has 0 aliphatic carbocycles. The number of rotatable bonds is 7. The first-order valence-corrected chi connectivity index (χ1v) is 6.56. The van der Waals surface area contributed by atoms with Gasteiger partial charge in [0.25, 0.3) is 0 Å². The van der Waals surface area contributed by atoms with Crippen LogP contribution in [0.5, 0.6) is 5.75 Å². The fourth-order valence-corrected chi connectivity index (χ4v) is 1.89. The van der Waals surface area contributed by atoms with Crippen LogP contribution in [-0.2, 0) is 6.54 Å². The van der Waals surface area contributed by atoms with Crippen LogP contribution >= 0.6 is 15.9 Å². The minimum Gasteiger partial charge on any atom is -0.481 e. The van der Waals surface area contributed by atoms with Crippen molar-refractivity contribution >= 4 is 15.9 Å². The van der Waals surface area contributed by atoms with Crippen LogP contribution in [0.2, 0.25) is 0 Å². The standard InChI is InChI=1S/C15H16BrNO/c1-3-5-6-9-17-12-13-11-14(16)7-8-15(13)18-10-4-2/h1-2,7-8,11,17H,5-6,9-10,12H2. The number of nitrogens with one attached hydrogen (secondary N) is 1. The maximum Gasteiger partial charge on any atom is 0.148 e. The molecule has 18 heavy (non-hydrogen) atoms. The van der Waals surface area contributed by atoms with Gasteiger partial charge in [0.1, 0.15) is 12.4 Å². The van der Waals surface area contributed by atoms with Crippen molar-refractivity contribution in [3.05, 3.63) is 28.2 Å². The Bertz CT molecular complexity index is 457. The van der Waals surface area contributed by atoms with Gasteiger partial charge in [-0.3, -0.25) is 0 Å². The van der Waals surface area contributed by atoms with Crippen LogP contribution < -0.4 is 10.1 Å². The maximum absolute atomic E-state index is 5.49. The molecule has 3 heteroatoms. The Morgan fingerprint density at radius 2 is 2.11 bits per heavy atom. The Morgan fingerprint density at radius 1 is 1.28 bits per heavy atom. The highest BCUT2D eigenvalue weighted by molar-refractivity contribution is 9.10. The lowest BCUT2D eigenvalue weighted by Gasteiger charge is -2.11. The smallest absolute Gasteiger partial charge is 0.148 e. The van der Waals surface area contributed by atoms with Gasteiger partial charge in [0.05, 0.1) is 0 Å². The van der Waals surface area contributed by atoms with Crippen LogP contribution in [0.1, 0.15) is 18.4 Å². The molecule has 0 aliphatic heterocycles. The fraction of sp³-hybridized carbons (Fsp3) is 0.333. The van der Waals surface area contributed by atoms with Crippen molar-refractivity contribution in [2.75, 3.05) is 13.2 Å². The zero-order chi connectivity index (χ0) is 13.2. The lowest BCUT2D eigenvalue weighted by atomic mass is 10.2. The van der Waals surface area contributed by atoms with Gasteiger partial charge in [0, 0.05) is 23.0 Å². The van der Waals surface area contributed by atoms with Gasteiger partial charge in [-0.2, -0.15) is 0 Å². The van der Waals surface area contributed by atoms with Crippen molar-refractivity contribution < 1.29 is 4.74 Å². The van der Waals surface area contributed by atoms with Crippen LogP contribution in [0.4, 0.5) is 0 Å². The molecule has 0 spiro atoms. The molecule has 94 valence electrons. The highest BCUT2D eigenvalue weighted by atomic mass is 79.9. The van der Waals surface area contributed by atoms with Crippen molar-refractivity contribution in [1.82, 2.24) is 5.32 Å². The summed E-state index contributed by atoms with van der Waals surface area (Å²) in [5, 5.41) is 3.33. The summed E-state index contributed by atoms with van der Waals surface area (Å²) in [7, 11) is 0. The van der Waals surface area contributed by atoms with Crippen LogP contribution in [0.3, 0.4) is 0 Å². The van der Waals surface area contributed by atoms with Gasteiger partial charge in [-0.15, -0.1) is 18.8 Å². The van der Waals surface area contributed by atoms with E-state index in [-0.39, 0.29) is 6.61 Å². The van der Waals surface area contributed by atoms with Crippen LogP contribution in [0.25, 0.3) is 0 Å². The Balaban J connectivity index is 2.54. The summed E-state index contributed by atoms with van der Waals surface area (Å²) in [6.45, 7) is 1.92. The van der Waals surface area contributed by atoms with E-state index in [1.165, 1.54) is 0 Å². The summed E-state index contributed by atoms with van der Waals surface area (Å²) in [4.78, 5) is 0. The molecule has 1 rings (SSSR count). The lowest BCUT2D eigenvalue weighted by molar-refractivity contribution is 0.364. The third kappa shape index (κ3) is 5.27. The molecule has 0 unspecified atom stereocenters.